The van der Waals surface area contributed by atoms with E-state index in [1.165, 1.54) is 11.8 Å². The number of hydrogen-bond acceptors (Lipinski definition) is 4. The molecular weight excluding hydrogens is 328 g/mol. The first-order valence-electron chi connectivity index (χ1n) is 6.31. The Morgan fingerprint density at radius 1 is 1.52 bits per heavy atom. The van der Waals surface area contributed by atoms with Crippen LogP contribution in [0.25, 0.3) is 11.0 Å². The highest BCUT2D eigenvalue weighted by atomic mass is 35.5. The zero-order valence-corrected chi connectivity index (χ0v) is 13.7. The summed E-state index contributed by atoms with van der Waals surface area (Å²) < 4.78 is 2.00. The van der Waals surface area contributed by atoms with Gasteiger partial charge in [-0.1, -0.05) is 35.5 Å². The van der Waals surface area contributed by atoms with Gasteiger partial charge in [-0.15, -0.1) is 6.58 Å². The molecular formula is C14H15ClN2O2S2. The third kappa shape index (κ3) is 4.18. The van der Waals surface area contributed by atoms with Crippen LogP contribution in [0.5, 0.6) is 0 Å². The fourth-order valence-corrected chi connectivity index (χ4v) is 3.56. The van der Waals surface area contributed by atoms with Gasteiger partial charge in [-0.25, -0.2) is 4.98 Å². The zero-order valence-electron chi connectivity index (χ0n) is 11.3. The number of carbonyl (C=O) groups is 1. The highest BCUT2D eigenvalue weighted by Crippen LogP contribution is 2.29. The molecule has 0 aliphatic rings. The van der Waals surface area contributed by atoms with Gasteiger partial charge in [0.15, 0.2) is 5.16 Å². The highest BCUT2D eigenvalue weighted by molar-refractivity contribution is 8.00. The minimum absolute atomic E-state index is 0.0132. The lowest BCUT2D eigenvalue weighted by atomic mass is 10.3. The molecule has 1 aromatic carbocycles. The second-order valence-electron chi connectivity index (χ2n) is 4.20. The molecule has 0 atom stereocenters. The van der Waals surface area contributed by atoms with Gasteiger partial charge in [0.25, 0.3) is 0 Å². The predicted molar refractivity (Wildman–Crippen MR) is 90.6 cm³/mol. The number of carboxylic acids is 1. The normalized spacial score (nSPS) is 10.9. The number of rotatable bonds is 8. The van der Waals surface area contributed by atoms with Crippen LogP contribution in [0.2, 0.25) is 5.02 Å². The van der Waals surface area contributed by atoms with Crippen LogP contribution >= 0.6 is 35.1 Å². The molecule has 21 heavy (non-hydrogen) atoms. The first-order valence-corrected chi connectivity index (χ1v) is 8.83. The van der Waals surface area contributed by atoms with Crippen LogP contribution in [0.1, 0.15) is 0 Å². The average Bonchev–Trinajstić information content (AvgIpc) is 2.80. The van der Waals surface area contributed by atoms with E-state index >= 15 is 0 Å². The number of imidazole rings is 1. The summed E-state index contributed by atoms with van der Waals surface area (Å²) >= 11 is 9.25. The topological polar surface area (TPSA) is 55.1 Å². The standard InChI is InChI=1S/C14H15ClN2O2S2/c1-2-7-20-8-6-17-13-10(15)4-3-5-11(13)16-14(17)21-9-12(18)19/h2-5H,1,6-9H2,(H,18,19). The number of benzene rings is 1. The largest absolute Gasteiger partial charge is 0.481 e. The molecule has 0 bridgehead atoms. The van der Waals surface area contributed by atoms with Gasteiger partial charge >= 0.3 is 5.97 Å². The molecule has 1 N–H and O–H groups in total. The van der Waals surface area contributed by atoms with E-state index in [0.717, 1.165) is 29.1 Å². The molecule has 112 valence electrons. The van der Waals surface area contributed by atoms with Crippen molar-refractivity contribution in [2.45, 2.75) is 11.7 Å². The van der Waals surface area contributed by atoms with E-state index in [-0.39, 0.29) is 5.75 Å². The van der Waals surface area contributed by atoms with E-state index < -0.39 is 5.97 Å². The fraction of sp³-hybridized carbons (Fsp3) is 0.286. The lowest BCUT2D eigenvalue weighted by molar-refractivity contribution is -0.133. The predicted octanol–water partition coefficient (Wildman–Crippen LogP) is 3.79. The maximum absolute atomic E-state index is 10.8. The van der Waals surface area contributed by atoms with Crippen molar-refractivity contribution in [3.05, 3.63) is 35.9 Å². The summed E-state index contributed by atoms with van der Waals surface area (Å²) in [6.45, 7) is 4.43. The van der Waals surface area contributed by atoms with Crippen molar-refractivity contribution in [3.63, 3.8) is 0 Å². The molecule has 2 rings (SSSR count). The smallest absolute Gasteiger partial charge is 0.313 e. The molecule has 0 aliphatic heterocycles. The Labute approximate surface area is 136 Å². The lowest BCUT2D eigenvalue weighted by Crippen LogP contribution is -2.05. The Bertz CT molecular complexity index is 658. The number of halogens is 1. The van der Waals surface area contributed by atoms with Crippen molar-refractivity contribution in [1.29, 1.82) is 0 Å². The van der Waals surface area contributed by atoms with Crippen LogP contribution in [-0.2, 0) is 11.3 Å². The molecule has 2 aromatic rings. The van der Waals surface area contributed by atoms with E-state index in [2.05, 4.69) is 11.6 Å². The number of carboxylic acid groups (broad SMARTS) is 1. The summed E-state index contributed by atoms with van der Waals surface area (Å²) in [5.41, 5.74) is 1.66. The number of nitrogens with zero attached hydrogens (tertiary/aromatic N) is 2. The minimum atomic E-state index is -0.856. The number of para-hydroxylation sites is 1. The first-order chi connectivity index (χ1) is 10.1. The van der Waals surface area contributed by atoms with Crippen LogP contribution in [0.4, 0.5) is 0 Å². The Morgan fingerprint density at radius 2 is 2.33 bits per heavy atom. The number of hydrogen-bond donors (Lipinski definition) is 1. The zero-order chi connectivity index (χ0) is 15.2. The first kappa shape index (κ1) is 16.3. The summed E-state index contributed by atoms with van der Waals surface area (Å²) in [5, 5.41) is 10.2. The Hall–Kier alpha value is -1.11. The second kappa shape index (κ2) is 7.77. The lowest BCUT2D eigenvalue weighted by Gasteiger charge is -2.08. The summed E-state index contributed by atoms with van der Waals surface area (Å²) in [4.78, 5) is 15.3. The van der Waals surface area contributed by atoms with Gasteiger partial charge in [0.1, 0.15) is 0 Å². The number of aromatic nitrogens is 2. The van der Waals surface area contributed by atoms with Gasteiger partial charge in [0.05, 0.1) is 21.8 Å². The van der Waals surface area contributed by atoms with Crippen molar-refractivity contribution in [2.75, 3.05) is 17.3 Å². The van der Waals surface area contributed by atoms with Gasteiger partial charge in [-0.2, -0.15) is 11.8 Å². The van der Waals surface area contributed by atoms with E-state index in [9.17, 15) is 4.79 Å². The molecule has 0 saturated carbocycles. The minimum Gasteiger partial charge on any atom is -0.481 e. The van der Waals surface area contributed by atoms with Gasteiger partial charge in [0.2, 0.25) is 0 Å². The van der Waals surface area contributed by atoms with Gasteiger partial charge in [0, 0.05) is 18.1 Å². The molecule has 0 spiro atoms. The summed E-state index contributed by atoms with van der Waals surface area (Å²) in [6, 6.07) is 5.56. The summed E-state index contributed by atoms with van der Waals surface area (Å²) in [6.07, 6.45) is 1.86. The van der Waals surface area contributed by atoms with Gasteiger partial charge < -0.3 is 9.67 Å². The SMILES string of the molecule is C=CCSCCn1c(SCC(=O)O)nc2cccc(Cl)c21. The fourth-order valence-electron chi connectivity index (χ4n) is 1.89. The van der Waals surface area contributed by atoms with Crippen molar-refractivity contribution >= 4 is 52.1 Å². The van der Waals surface area contributed by atoms with E-state index in [4.69, 9.17) is 16.7 Å². The Morgan fingerprint density at radius 3 is 3.05 bits per heavy atom. The third-order valence-corrected chi connectivity index (χ3v) is 4.91. The molecule has 7 heteroatoms. The van der Waals surface area contributed by atoms with Crippen LogP contribution < -0.4 is 0 Å². The molecule has 0 saturated heterocycles. The number of thioether (sulfide) groups is 2. The molecule has 0 unspecified atom stereocenters. The molecule has 1 heterocycles. The molecule has 0 amide bonds. The molecule has 4 nitrogen and oxygen atoms in total. The molecule has 0 radical (unpaired) electrons. The summed E-state index contributed by atoms with van der Waals surface area (Å²) in [7, 11) is 0. The van der Waals surface area contributed by atoms with Crippen LogP contribution in [0.15, 0.2) is 36.0 Å². The second-order valence-corrected chi connectivity index (χ2v) is 6.70. The average molecular weight is 343 g/mol. The van der Waals surface area contributed by atoms with Crippen molar-refractivity contribution < 1.29 is 9.90 Å². The van der Waals surface area contributed by atoms with E-state index in [1.807, 2.05) is 28.8 Å². The van der Waals surface area contributed by atoms with Crippen molar-refractivity contribution in [2.24, 2.45) is 0 Å². The molecule has 1 aromatic heterocycles. The maximum atomic E-state index is 10.8. The Kier molecular flexibility index (Phi) is 6.02. The van der Waals surface area contributed by atoms with Gasteiger partial charge in [-0.3, -0.25) is 4.79 Å². The van der Waals surface area contributed by atoms with Gasteiger partial charge in [-0.05, 0) is 12.1 Å². The summed E-state index contributed by atoms with van der Waals surface area (Å²) in [5.74, 6) is 0.910. The number of aryl methyl sites for hydroxylation is 1. The van der Waals surface area contributed by atoms with Crippen molar-refractivity contribution in [3.8, 4) is 0 Å². The number of fused-ring (bicyclic) bond motifs is 1. The van der Waals surface area contributed by atoms with Crippen LogP contribution in [0.3, 0.4) is 0 Å². The monoisotopic (exact) mass is 342 g/mol. The van der Waals surface area contributed by atoms with Crippen molar-refractivity contribution in [1.82, 2.24) is 9.55 Å². The number of aliphatic carboxylic acids is 1. The van der Waals surface area contributed by atoms with Crippen LogP contribution in [-0.4, -0.2) is 37.9 Å². The highest BCUT2D eigenvalue weighted by Gasteiger charge is 2.14. The molecule has 0 aliphatic carbocycles. The van der Waals surface area contributed by atoms with Crippen LogP contribution in [0, 0.1) is 0 Å². The third-order valence-electron chi connectivity index (χ3n) is 2.70. The maximum Gasteiger partial charge on any atom is 0.313 e. The van der Waals surface area contributed by atoms with E-state index in [1.54, 1.807) is 11.8 Å². The van der Waals surface area contributed by atoms with E-state index in [0.29, 0.717) is 10.2 Å². The Balaban J connectivity index is 2.29. The quantitative estimate of drug-likeness (QED) is 0.449. The molecule has 0 fully saturated rings.